The minimum atomic E-state index is -3.56. The first-order valence-corrected chi connectivity index (χ1v) is 9.37. The molecule has 2 rings (SSSR count). The van der Waals surface area contributed by atoms with Gasteiger partial charge in [0.2, 0.25) is 0 Å². The molecule has 0 aliphatic carbocycles. The maximum Gasteiger partial charge on any atom is 0.530 e. The van der Waals surface area contributed by atoms with Crippen LogP contribution in [0.5, 0.6) is 5.75 Å². The van der Waals surface area contributed by atoms with Crippen LogP contribution in [0.25, 0.3) is 11.1 Å². The van der Waals surface area contributed by atoms with Crippen molar-refractivity contribution in [3.05, 3.63) is 54.6 Å². The van der Waals surface area contributed by atoms with Crippen LogP contribution in [0.1, 0.15) is 26.7 Å². The van der Waals surface area contributed by atoms with E-state index in [9.17, 15) is 4.57 Å². The molecule has 5 heteroatoms. The predicted molar refractivity (Wildman–Crippen MR) is 92.6 cm³/mol. The number of hydrogen-bond donors (Lipinski definition) is 0. The standard InChI is InChI=1S/C18H23O4P/c1-3-14-20-23(19,21-15-4-2)22-18-12-10-17(11-13-18)16-8-6-5-7-9-16/h5-13H,3-4,14-15H2,1-2H3. The first kappa shape index (κ1) is 17.7. The lowest BCUT2D eigenvalue weighted by Crippen LogP contribution is -2.04. The summed E-state index contributed by atoms with van der Waals surface area (Å²) in [7, 11) is -3.56. The highest BCUT2D eigenvalue weighted by atomic mass is 31.2. The lowest BCUT2D eigenvalue weighted by atomic mass is 10.1. The average Bonchev–Trinajstić information content (AvgIpc) is 2.60. The molecule has 0 aliphatic heterocycles. The largest absolute Gasteiger partial charge is 0.530 e. The van der Waals surface area contributed by atoms with E-state index in [-0.39, 0.29) is 0 Å². The Balaban J connectivity index is 2.09. The van der Waals surface area contributed by atoms with Crippen LogP contribution >= 0.6 is 7.82 Å². The quantitative estimate of drug-likeness (QED) is 0.552. The lowest BCUT2D eigenvalue weighted by Gasteiger charge is -2.18. The Morgan fingerprint density at radius 2 is 1.30 bits per heavy atom. The van der Waals surface area contributed by atoms with Gasteiger partial charge >= 0.3 is 7.82 Å². The van der Waals surface area contributed by atoms with E-state index in [1.54, 1.807) is 12.1 Å². The third kappa shape index (κ3) is 5.51. The topological polar surface area (TPSA) is 44.8 Å². The second-order valence-electron chi connectivity index (χ2n) is 5.10. The van der Waals surface area contributed by atoms with Crippen LogP contribution < -0.4 is 4.52 Å². The zero-order valence-corrected chi connectivity index (χ0v) is 14.5. The van der Waals surface area contributed by atoms with Crippen LogP contribution in [0.2, 0.25) is 0 Å². The number of benzene rings is 2. The third-order valence-electron chi connectivity index (χ3n) is 3.09. The van der Waals surface area contributed by atoms with Gasteiger partial charge in [-0.25, -0.2) is 4.57 Å². The van der Waals surface area contributed by atoms with Crippen molar-refractivity contribution in [2.45, 2.75) is 26.7 Å². The van der Waals surface area contributed by atoms with Gasteiger partial charge in [0.05, 0.1) is 13.2 Å². The van der Waals surface area contributed by atoms with Crippen LogP contribution in [0.4, 0.5) is 0 Å². The molecule has 0 spiro atoms. The van der Waals surface area contributed by atoms with E-state index < -0.39 is 7.82 Å². The van der Waals surface area contributed by atoms with Crippen LogP contribution in [0.3, 0.4) is 0 Å². The molecule has 0 aliphatic rings. The van der Waals surface area contributed by atoms with Gasteiger partial charge in [-0.15, -0.1) is 0 Å². The highest BCUT2D eigenvalue weighted by molar-refractivity contribution is 7.48. The summed E-state index contributed by atoms with van der Waals surface area (Å²) in [5, 5.41) is 0. The van der Waals surface area contributed by atoms with Crippen molar-refractivity contribution in [2.75, 3.05) is 13.2 Å². The predicted octanol–water partition coefficient (Wildman–Crippen LogP) is 5.69. The van der Waals surface area contributed by atoms with Crippen LogP contribution in [0.15, 0.2) is 54.6 Å². The fraction of sp³-hybridized carbons (Fsp3) is 0.333. The van der Waals surface area contributed by atoms with Gasteiger partial charge in [0.15, 0.2) is 0 Å². The zero-order chi connectivity index (χ0) is 16.5. The lowest BCUT2D eigenvalue weighted by molar-refractivity contribution is 0.155. The van der Waals surface area contributed by atoms with E-state index in [4.69, 9.17) is 13.6 Å². The van der Waals surface area contributed by atoms with Gasteiger partial charge < -0.3 is 4.52 Å². The number of phosphoric ester groups is 1. The Morgan fingerprint density at radius 1 is 0.783 bits per heavy atom. The molecular formula is C18H23O4P. The normalized spacial score (nSPS) is 11.4. The third-order valence-corrected chi connectivity index (χ3v) is 4.52. The second-order valence-corrected chi connectivity index (χ2v) is 6.69. The van der Waals surface area contributed by atoms with Crippen molar-refractivity contribution >= 4 is 7.82 Å². The van der Waals surface area contributed by atoms with E-state index in [1.807, 2.05) is 56.3 Å². The van der Waals surface area contributed by atoms with E-state index in [0.717, 1.165) is 24.0 Å². The van der Waals surface area contributed by atoms with E-state index in [2.05, 4.69) is 0 Å². The van der Waals surface area contributed by atoms with E-state index in [1.165, 1.54) is 0 Å². The molecule has 0 heterocycles. The molecule has 0 saturated heterocycles. The maximum atomic E-state index is 12.6. The summed E-state index contributed by atoms with van der Waals surface area (Å²) in [5.41, 5.74) is 2.18. The molecule has 0 unspecified atom stereocenters. The summed E-state index contributed by atoms with van der Waals surface area (Å²) in [6.07, 6.45) is 1.49. The molecule has 4 nitrogen and oxygen atoms in total. The highest BCUT2D eigenvalue weighted by Crippen LogP contribution is 2.49. The molecule has 0 bridgehead atoms. The molecule has 2 aromatic rings. The molecule has 0 amide bonds. The fourth-order valence-corrected chi connectivity index (χ4v) is 3.34. The van der Waals surface area contributed by atoms with Gasteiger partial charge in [0.1, 0.15) is 5.75 Å². The van der Waals surface area contributed by atoms with Crippen LogP contribution in [-0.2, 0) is 13.6 Å². The molecular weight excluding hydrogens is 311 g/mol. The first-order chi connectivity index (χ1) is 11.2. The molecule has 0 saturated carbocycles. The van der Waals surface area contributed by atoms with Gasteiger partial charge in [0.25, 0.3) is 0 Å². The first-order valence-electron chi connectivity index (χ1n) is 7.91. The van der Waals surface area contributed by atoms with Crippen molar-refractivity contribution in [3.63, 3.8) is 0 Å². The summed E-state index contributed by atoms with van der Waals surface area (Å²) in [6, 6.07) is 17.4. The Labute approximate surface area is 138 Å². The van der Waals surface area contributed by atoms with Crippen LogP contribution in [-0.4, -0.2) is 13.2 Å². The molecule has 0 radical (unpaired) electrons. The molecule has 23 heavy (non-hydrogen) atoms. The minimum Gasteiger partial charge on any atom is -0.404 e. The maximum absolute atomic E-state index is 12.6. The molecule has 0 N–H and O–H groups in total. The number of phosphoric acid groups is 1. The summed E-state index contributed by atoms with van der Waals surface area (Å²) in [4.78, 5) is 0. The molecule has 0 atom stereocenters. The molecule has 0 aromatic heterocycles. The number of hydrogen-bond acceptors (Lipinski definition) is 4. The molecule has 2 aromatic carbocycles. The number of rotatable bonds is 9. The van der Waals surface area contributed by atoms with Gasteiger partial charge in [-0.3, -0.25) is 9.05 Å². The fourth-order valence-electron chi connectivity index (χ4n) is 1.96. The van der Waals surface area contributed by atoms with Crippen molar-refractivity contribution in [2.24, 2.45) is 0 Å². The van der Waals surface area contributed by atoms with Gasteiger partial charge in [-0.1, -0.05) is 56.3 Å². The Hall–Kier alpha value is -1.61. The Morgan fingerprint density at radius 3 is 1.83 bits per heavy atom. The summed E-state index contributed by atoms with van der Waals surface area (Å²) >= 11 is 0. The van der Waals surface area contributed by atoms with Crippen LogP contribution in [0, 0.1) is 0 Å². The van der Waals surface area contributed by atoms with E-state index in [0.29, 0.717) is 19.0 Å². The van der Waals surface area contributed by atoms with Gasteiger partial charge in [0, 0.05) is 0 Å². The Bertz CT molecular complexity index is 613. The summed E-state index contributed by atoms with van der Waals surface area (Å²) in [6.45, 7) is 4.56. The summed E-state index contributed by atoms with van der Waals surface area (Å²) in [5.74, 6) is 0.472. The second kappa shape index (κ2) is 8.88. The van der Waals surface area contributed by atoms with Crippen molar-refractivity contribution < 1.29 is 18.1 Å². The zero-order valence-electron chi connectivity index (χ0n) is 13.6. The smallest absolute Gasteiger partial charge is 0.404 e. The molecule has 0 fully saturated rings. The van der Waals surface area contributed by atoms with Crippen molar-refractivity contribution in [1.29, 1.82) is 0 Å². The SMILES string of the molecule is CCCOP(=O)(OCCC)Oc1ccc(-c2ccccc2)cc1. The van der Waals surface area contributed by atoms with Crippen molar-refractivity contribution in [3.8, 4) is 16.9 Å². The molecule has 124 valence electrons. The minimum absolute atomic E-state index is 0.336. The van der Waals surface area contributed by atoms with Gasteiger partial charge in [-0.2, -0.15) is 0 Å². The van der Waals surface area contributed by atoms with E-state index >= 15 is 0 Å². The summed E-state index contributed by atoms with van der Waals surface area (Å²) < 4.78 is 28.7. The monoisotopic (exact) mass is 334 g/mol. The van der Waals surface area contributed by atoms with Crippen molar-refractivity contribution in [1.82, 2.24) is 0 Å². The Kier molecular flexibility index (Phi) is 6.85. The highest BCUT2D eigenvalue weighted by Gasteiger charge is 2.27. The van der Waals surface area contributed by atoms with Gasteiger partial charge in [-0.05, 0) is 36.1 Å². The average molecular weight is 334 g/mol.